The minimum atomic E-state index is 0.185. The number of nitrogen functional groups attached to an aromatic ring is 1. The molecule has 0 fully saturated rings. The molecule has 1 aliphatic heterocycles. The van der Waals surface area contributed by atoms with Crippen LogP contribution >= 0.6 is 0 Å². The molecule has 0 bridgehead atoms. The number of nitrogens with two attached hydrogens (primary N) is 1. The van der Waals surface area contributed by atoms with E-state index in [-0.39, 0.29) is 5.41 Å². The minimum Gasteiger partial charge on any atom is -0.382 e. The summed E-state index contributed by atoms with van der Waals surface area (Å²) < 4.78 is 0. The van der Waals surface area contributed by atoms with Crippen LogP contribution in [0.4, 0.5) is 11.5 Å². The summed E-state index contributed by atoms with van der Waals surface area (Å²) in [5, 5.41) is 0. The molecule has 3 rings (SSSR count). The Kier molecular flexibility index (Phi) is 8.13. The summed E-state index contributed by atoms with van der Waals surface area (Å²) in [7, 11) is 0. The summed E-state index contributed by atoms with van der Waals surface area (Å²) in [5.41, 5.74) is 14.1. The topological polar surface area (TPSA) is 51.3 Å². The fraction of sp³-hybridized carbons (Fsp3) is 0.643. The number of rotatable bonds is 12. The van der Waals surface area contributed by atoms with Crippen molar-refractivity contribution in [3.8, 4) is 0 Å². The van der Waals surface area contributed by atoms with E-state index in [2.05, 4.69) is 46.4 Å². The molecule has 1 aromatic rings. The molecule has 0 aromatic carbocycles. The SMILES string of the molecule is C=C(CCCCCC)CC(C)(C)CC1C(CCCC)=Nc2c(N)nc3c(c21)C=CCC3. The summed E-state index contributed by atoms with van der Waals surface area (Å²) in [5.74, 6) is 0.977. The van der Waals surface area contributed by atoms with Gasteiger partial charge in [0.15, 0.2) is 0 Å². The molecular weight excluding hydrogens is 378 g/mol. The monoisotopic (exact) mass is 421 g/mol. The molecule has 31 heavy (non-hydrogen) atoms. The summed E-state index contributed by atoms with van der Waals surface area (Å²) >= 11 is 0. The molecule has 0 amide bonds. The number of anilines is 1. The smallest absolute Gasteiger partial charge is 0.149 e. The van der Waals surface area contributed by atoms with E-state index in [0.29, 0.717) is 11.7 Å². The van der Waals surface area contributed by atoms with E-state index < -0.39 is 0 Å². The maximum Gasteiger partial charge on any atom is 0.149 e. The van der Waals surface area contributed by atoms with Crippen molar-refractivity contribution in [1.29, 1.82) is 0 Å². The van der Waals surface area contributed by atoms with Crippen LogP contribution in [-0.2, 0) is 6.42 Å². The van der Waals surface area contributed by atoms with Crippen molar-refractivity contribution in [2.24, 2.45) is 10.4 Å². The van der Waals surface area contributed by atoms with E-state index >= 15 is 0 Å². The maximum absolute atomic E-state index is 6.42. The van der Waals surface area contributed by atoms with Gasteiger partial charge in [0.25, 0.3) is 0 Å². The van der Waals surface area contributed by atoms with Gasteiger partial charge in [-0.25, -0.2) is 4.98 Å². The molecule has 2 N–H and O–H groups in total. The minimum absolute atomic E-state index is 0.185. The van der Waals surface area contributed by atoms with Crippen LogP contribution in [0, 0.1) is 5.41 Å². The molecule has 2 heterocycles. The van der Waals surface area contributed by atoms with Crippen LogP contribution in [0.5, 0.6) is 0 Å². The molecule has 3 nitrogen and oxygen atoms in total. The molecule has 3 heteroatoms. The van der Waals surface area contributed by atoms with Crippen molar-refractivity contribution in [1.82, 2.24) is 4.98 Å². The zero-order valence-electron chi connectivity index (χ0n) is 20.4. The summed E-state index contributed by atoms with van der Waals surface area (Å²) in [4.78, 5) is 9.82. The largest absolute Gasteiger partial charge is 0.382 e. The van der Waals surface area contributed by atoms with Crippen LogP contribution in [0.2, 0.25) is 0 Å². The predicted molar refractivity (Wildman–Crippen MR) is 136 cm³/mol. The fourth-order valence-electron chi connectivity index (χ4n) is 5.34. The lowest BCUT2D eigenvalue weighted by Gasteiger charge is -2.31. The highest BCUT2D eigenvalue weighted by atomic mass is 14.9. The molecule has 0 spiro atoms. The second-order valence-electron chi connectivity index (χ2n) is 10.4. The van der Waals surface area contributed by atoms with Gasteiger partial charge in [-0.05, 0) is 62.3 Å². The number of hydrogen-bond donors (Lipinski definition) is 1. The van der Waals surface area contributed by atoms with Crippen molar-refractivity contribution in [2.75, 3.05) is 5.73 Å². The Balaban J connectivity index is 1.82. The van der Waals surface area contributed by atoms with Crippen molar-refractivity contribution < 1.29 is 0 Å². The molecular formula is C28H43N3. The third kappa shape index (κ3) is 5.87. The first-order chi connectivity index (χ1) is 14.9. The molecule has 1 aromatic heterocycles. The molecule has 170 valence electrons. The maximum atomic E-state index is 6.42. The van der Waals surface area contributed by atoms with Crippen LogP contribution in [0.1, 0.15) is 121 Å². The lowest BCUT2D eigenvalue weighted by molar-refractivity contribution is 0.319. The first kappa shape index (κ1) is 23.8. The standard InChI is InChI=1S/C28H43N3/c1-6-8-10-11-14-20(3)18-28(4,5)19-22-24(16-9-7-2)30-26-25(22)21-15-12-13-17-23(21)31-27(26)29/h12,15,22H,3,6-11,13-14,16-19H2,1-2,4-5H3,(H2,29,31). The van der Waals surface area contributed by atoms with E-state index in [0.717, 1.165) is 49.9 Å². The molecule has 1 unspecified atom stereocenters. The highest BCUT2D eigenvalue weighted by molar-refractivity contribution is 6.01. The fourth-order valence-corrected chi connectivity index (χ4v) is 5.34. The van der Waals surface area contributed by atoms with E-state index in [1.54, 1.807) is 0 Å². The Hall–Kier alpha value is -1.90. The Labute approximate surface area is 190 Å². The second kappa shape index (κ2) is 10.6. The Bertz CT molecular complexity index is 844. The number of hydrogen-bond acceptors (Lipinski definition) is 3. The van der Waals surface area contributed by atoms with E-state index in [1.807, 2.05) is 0 Å². The molecule has 1 atom stereocenters. The van der Waals surface area contributed by atoms with Crippen LogP contribution in [0.15, 0.2) is 23.2 Å². The highest BCUT2D eigenvalue weighted by Crippen LogP contribution is 2.49. The van der Waals surface area contributed by atoms with Gasteiger partial charge >= 0.3 is 0 Å². The van der Waals surface area contributed by atoms with Gasteiger partial charge in [0, 0.05) is 17.2 Å². The zero-order chi connectivity index (χ0) is 22.4. The van der Waals surface area contributed by atoms with Crippen molar-refractivity contribution in [3.63, 3.8) is 0 Å². The zero-order valence-corrected chi connectivity index (χ0v) is 20.4. The Morgan fingerprint density at radius 3 is 2.68 bits per heavy atom. The van der Waals surface area contributed by atoms with Crippen LogP contribution < -0.4 is 5.73 Å². The number of aromatic nitrogens is 1. The molecule has 0 radical (unpaired) electrons. The predicted octanol–water partition coefficient (Wildman–Crippen LogP) is 8.32. The molecule has 1 aliphatic carbocycles. The summed E-state index contributed by atoms with van der Waals surface area (Å²) in [6.07, 6.45) is 18.6. The van der Waals surface area contributed by atoms with E-state index in [4.69, 9.17) is 15.7 Å². The molecule has 0 saturated carbocycles. The van der Waals surface area contributed by atoms with E-state index in [9.17, 15) is 0 Å². The number of nitrogens with zero attached hydrogens (tertiary/aromatic N) is 2. The van der Waals surface area contributed by atoms with Gasteiger partial charge in [-0.15, -0.1) is 0 Å². The summed E-state index contributed by atoms with van der Waals surface area (Å²) in [6.45, 7) is 13.8. The van der Waals surface area contributed by atoms with Crippen molar-refractivity contribution in [3.05, 3.63) is 35.0 Å². The van der Waals surface area contributed by atoms with Gasteiger partial charge in [-0.3, -0.25) is 4.99 Å². The van der Waals surface area contributed by atoms with E-state index in [1.165, 1.54) is 60.9 Å². The average Bonchev–Trinajstić information content (AvgIpc) is 3.08. The number of pyridine rings is 1. The van der Waals surface area contributed by atoms with Gasteiger partial charge in [0.1, 0.15) is 11.5 Å². The summed E-state index contributed by atoms with van der Waals surface area (Å²) in [6, 6.07) is 0. The number of aliphatic imine (C=N–C) groups is 1. The van der Waals surface area contributed by atoms with Crippen molar-refractivity contribution >= 4 is 23.3 Å². The van der Waals surface area contributed by atoms with Gasteiger partial charge in [0.2, 0.25) is 0 Å². The third-order valence-electron chi connectivity index (χ3n) is 6.85. The third-order valence-corrected chi connectivity index (χ3v) is 6.85. The first-order valence-electron chi connectivity index (χ1n) is 12.6. The van der Waals surface area contributed by atoms with Crippen LogP contribution in [0.3, 0.4) is 0 Å². The van der Waals surface area contributed by atoms with Gasteiger partial charge in [-0.1, -0.05) is 77.7 Å². The van der Waals surface area contributed by atoms with Crippen LogP contribution in [0.25, 0.3) is 6.08 Å². The molecule has 2 aliphatic rings. The van der Waals surface area contributed by atoms with Gasteiger partial charge in [-0.2, -0.15) is 0 Å². The number of unbranched alkanes of at least 4 members (excludes halogenated alkanes) is 4. The Morgan fingerprint density at radius 1 is 1.16 bits per heavy atom. The average molecular weight is 422 g/mol. The van der Waals surface area contributed by atoms with Crippen LogP contribution in [-0.4, -0.2) is 10.7 Å². The highest BCUT2D eigenvalue weighted by Gasteiger charge is 2.36. The lowest BCUT2D eigenvalue weighted by Crippen LogP contribution is -2.22. The Morgan fingerprint density at radius 2 is 1.94 bits per heavy atom. The quantitative estimate of drug-likeness (QED) is 0.272. The van der Waals surface area contributed by atoms with Gasteiger partial charge in [0.05, 0.1) is 5.69 Å². The number of aryl methyl sites for hydroxylation is 1. The number of allylic oxidation sites excluding steroid dienone is 2. The van der Waals surface area contributed by atoms with Crippen molar-refractivity contribution in [2.45, 2.75) is 111 Å². The first-order valence-corrected chi connectivity index (χ1v) is 12.6. The normalized spacial score (nSPS) is 17.4. The molecule has 0 saturated heterocycles. The number of fused-ring (bicyclic) bond motifs is 3. The second-order valence-corrected chi connectivity index (χ2v) is 10.4. The van der Waals surface area contributed by atoms with Gasteiger partial charge < -0.3 is 5.73 Å². The lowest BCUT2D eigenvalue weighted by atomic mass is 9.73.